The summed E-state index contributed by atoms with van der Waals surface area (Å²) in [4.78, 5) is 21.1. The molecular weight excluding hydrogens is 400 g/mol. The van der Waals surface area contributed by atoms with Crippen LogP contribution in [0, 0.1) is 0 Å². The molecule has 150 valence electrons. The van der Waals surface area contributed by atoms with Crippen LogP contribution >= 0.6 is 11.6 Å². The number of carbonyl (C=O) groups excluding carboxylic acids is 1. The summed E-state index contributed by atoms with van der Waals surface area (Å²) in [7, 11) is -3.57. The van der Waals surface area contributed by atoms with E-state index in [9.17, 15) is 13.2 Å². The van der Waals surface area contributed by atoms with Crippen molar-refractivity contribution in [1.82, 2.24) is 14.6 Å². The van der Waals surface area contributed by atoms with Gasteiger partial charge in [0.15, 0.2) is 0 Å². The average Bonchev–Trinajstić information content (AvgIpc) is 2.67. The quantitative estimate of drug-likeness (QED) is 0.799. The van der Waals surface area contributed by atoms with Gasteiger partial charge < -0.3 is 9.80 Å². The summed E-state index contributed by atoms with van der Waals surface area (Å²) in [6.07, 6.45) is 1.61. The minimum atomic E-state index is -3.57. The number of pyridine rings is 1. The fourth-order valence-corrected chi connectivity index (χ4v) is 4.39. The summed E-state index contributed by atoms with van der Waals surface area (Å²) >= 11 is 5.87. The SMILES string of the molecule is CC(C)NS(=O)(=O)c1ccc(C(=O)N2CCN(c3ccc(Cl)cn3)CC2)cc1. The van der Waals surface area contributed by atoms with Crippen LogP contribution in [0.5, 0.6) is 0 Å². The van der Waals surface area contributed by atoms with Crippen molar-refractivity contribution in [2.45, 2.75) is 24.8 Å². The maximum absolute atomic E-state index is 12.7. The Morgan fingerprint density at radius 2 is 1.71 bits per heavy atom. The highest BCUT2D eigenvalue weighted by Crippen LogP contribution is 2.18. The number of nitrogens with zero attached hydrogens (tertiary/aromatic N) is 3. The number of nitrogens with one attached hydrogen (secondary N) is 1. The molecule has 1 fully saturated rings. The maximum Gasteiger partial charge on any atom is 0.253 e. The van der Waals surface area contributed by atoms with E-state index in [1.54, 1.807) is 43.1 Å². The van der Waals surface area contributed by atoms with Crippen LogP contribution in [-0.2, 0) is 10.0 Å². The third-order valence-corrected chi connectivity index (χ3v) is 6.30. The van der Waals surface area contributed by atoms with Crippen LogP contribution in [-0.4, -0.2) is 56.4 Å². The molecule has 1 aromatic heterocycles. The Balaban J connectivity index is 1.63. The number of carbonyl (C=O) groups is 1. The molecule has 1 aliphatic heterocycles. The van der Waals surface area contributed by atoms with Crippen LogP contribution in [0.25, 0.3) is 0 Å². The summed E-state index contributed by atoms with van der Waals surface area (Å²) in [6.45, 7) is 6.00. The lowest BCUT2D eigenvalue weighted by atomic mass is 10.2. The first-order valence-corrected chi connectivity index (χ1v) is 10.9. The Morgan fingerprint density at radius 1 is 1.07 bits per heavy atom. The molecule has 9 heteroatoms. The summed E-state index contributed by atoms with van der Waals surface area (Å²) < 4.78 is 26.9. The standard InChI is InChI=1S/C19H23ClN4O3S/c1-14(2)22-28(26,27)17-6-3-15(4-7-17)19(25)24-11-9-23(10-12-24)18-8-5-16(20)13-21-18/h3-8,13-14,22H,9-12H2,1-2H3. The van der Waals surface area contributed by atoms with Gasteiger partial charge in [0.2, 0.25) is 10.0 Å². The Labute approximate surface area is 170 Å². The molecule has 28 heavy (non-hydrogen) atoms. The van der Waals surface area contributed by atoms with Crippen LogP contribution in [0.2, 0.25) is 5.02 Å². The van der Waals surface area contributed by atoms with E-state index in [0.717, 1.165) is 5.82 Å². The maximum atomic E-state index is 12.7. The van der Waals surface area contributed by atoms with Crippen LogP contribution in [0.3, 0.4) is 0 Å². The molecule has 0 bridgehead atoms. The van der Waals surface area contributed by atoms with Gasteiger partial charge in [-0.1, -0.05) is 11.6 Å². The van der Waals surface area contributed by atoms with E-state index in [-0.39, 0.29) is 16.8 Å². The third-order valence-electron chi connectivity index (χ3n) is 4.41. The van der Waals surface area contributed by atoms with E-state index in [1.807, 2.05) is 6.07 Å². The van der Waals surface area contributed by atoms with E-state index in [0.29, 0.717) is 36.8 Å². The molecule has 2 heterocycles. The normalized spacial score (nSPS) is 15.1. The number of piperazine rings is 1. The highest BCUT2D eigenvalue weighted by Gasteiger charge is 2.23. The van der Waals surface area contributed by atoms with Gasteiger partial charge in [-0.05, 0) is 50.2 Å². The number of hydrogen-bond donors (Lipinski definition) is 1. The van der Waals surface area contributed by atoms with Crippen LogP contribution in [0.4, 0.5) is 5.82 Å². The summed E-state index contributed by atoms with van der Waals surface area (Å²) in [6, 6.07) is 9.51. The number of aromatic nitrogens is 1. The minimum Gasteiger partial charge on any atom is -0.353 e. The van der Waals surface area contributed by atoms with Crippen molar-refractivity contribution in [3.63, 3.8) is 0 Å². The van der Waals surface area contributed by atoms with E-state index >= 15 is 0 Å². The van der Waals surface area contributed by atoms with E-state index in [4.69, 9.17) is 11.6 Å². The molecule has 0 spiro atoms. The third kappa shape index (κ3) is 4.81. The van der Waals surface area contributed by atoms with Crippen molar-refractivity contribution < 1.29 is 13.2 Å². The smallest absolute Gasteiger partial charge is 0.253 e. The largest absolute Gasteiger partial charge is 0.353 e. The predicted octanol–water partition coefficient (Wildman–Crippen LogP) is 2.38. The van der Waals surface area contributed by atoms with Crippen molar-refractivity contribution in [2.24, 2.45) is 0 Å². The zero-order valence-electron chi connectivity index (χ0n) is 15.8. The van der Waals surface area contributed by atoms with Crippen LogP contribution in [0.1, 0.15) is 24.2 Å². The van der Waals surface area contributed by atoms with Gasteiger partial charge in [-0.15, -0.1) is 0 Å². The number of rotatable bonds is 5. The number of anilines is 1. The van der Waals surface area contributed by atoms with Gasteiger partial charge in [-0.25, -0.2) is 18.1 Å². The van der Waals surface area contributed by atoms with Gasteiger partial charge in [-0.2, -0.15) is 0 Å². The molecule has 2 aromatic rings. The molecule has 0 unspecified atom stereocenters. The second kappa shape index (κ2) is 8.46. The van der Waals surface area contributed by atoms with E-state index in [1.165, 1.54) is 12.1 Å². The fourth-order valence-electron chi connectivity index (χ4n) is 3.03. The zero-order chi connectivity index (χ0) is 20.3. The number of benzene rings is 1. The molecule has 1 saturated heterocycles. The predicted molar refractivity (Wildman–Crippen MR) is 109 cm³/mol. The van der Waals surface area contributed by atoms with Gasteiger partial charge in [0, 0.05) is 44.0 Å². The van der Waals surface area contributed by atoms with Crippen LogP contribution < -0.4 is 9.62 Å². The number of halogens is 1. The monoisotopic (exact) mass is 422 g/mol. The number of sulfonamides is 1. The molecule has 0 saturated carbocycles. The molecular formula is C19H23ClN4O3S. The molecule has 0 radical (unpaired) electrons. The fraction of sp³-hybridized carbons (Fsp3) is 0.368. The van der Waals surface area contributed by atoms with Gasteiger partial charge in [0.25, 0.3) is 5.91 Å². The zero-order valence-corrected chi connectivity index (χ0v) is 17.4. The molecule has 1 aliphatic rings. The molecule has 0 aliphatic carbocycles. The molecule has 0 atom stereocenters. The van der Waals surface area contributed by atoms with Crippen molar-refractivity contribution in [2.75, 3.05) is 31.1 Å². The summed E-state index contributed by atoms with van der Waals surface area (Å²) in [5.41, 5.74) is 0.474. The number of amides is 1. The minimum absolute atomic E-state index is 0.107. The highest BCUT2D eigenvalue weighted by molar-refractivity contribution is 7.89. The topological polar surface area (TPSA) is 82.6 Å². The lowest BCUT2D eigenvalue weighted by Gasteiger charge is -2.35. The van der Waals surface area contributed by atoms with Gasteiger partial charge >= 0.3 is 0 Å². The Kier molecular flexibility index (Phi) is 6.22. The Hall–Kier alpha value is -2.16. The molecule has 1 amide bonds. The number of hydrogen-bond acceptors (Lipinski definition) is 5. The van der Waals surface area contributed by atoms with Crippen molar-refractivity contribution in [3.8, 4) is 0 Å². The van der Waals surface area contributed by atoms with Crippen molar-refractivity contribution >= 4 is 33.3 Å². The lowest BCUT2D eigenvalue weighted by molar-refractivity contribution is 0.0746. The lowest BCUT2D eigenvalue weighted by Crippen LogP contribution is -2.49. The summed E-state index contributed by atoms with van der Waals surface area (Å²) in [5, 5.41) is 0.589. The van der Waals surface area contributed by atoms with Crippen LogP contribution in [0.15, 0.2) is 47.5 Å². The molecule has 3 rings (SSSR count). The molecule has 7 nitrogen and oxygen atoms in total. The van der Waals surface area contributed by atoms with Crippen molar-refractivity contribution in [3.05, 3.63) is 53.2 Å². The van der Waals surface area contributed by atoms with Crippen molar-refractivity contribution in [1.29, 1.82) is 0 Å². The average molecular weight is 423 g/mol. The Bertz CT molecular complexity index is 923. The second-order valence-electron chi connectivity index (χ2n) is 6.91. The summed E-state index contributed by atoms with van der Waals surface area (Å²) in [5.74, 6) is 0.730. The van der Waals surface area contributed by atoms with Gasteiger partial charge in [-0.3, -0.25) is 4.79 Å². The second-order valence-corrected chi connectivity index (χ2v) is 9.06. The van der Waals surface area contributed by atoms with Gasteiger partial charge in [0.05, 0.1) is 9.92 Å². The van der Waals surface area contributed by atoms with E-state index < -0.39 is 10.0 Å². The molecule has 1 aromatic carbocycles. The first-order chi connectivity index (χ1) is 13.3. The first kappa shape index (κ1) is 20.6. The highest BCUT2D eigenvalue weighted by atomic mass is 35.5. The van der Waals surface area contributed by atoms with Gasteiger partial charge in [0.1, 0.15) is 5.82 Å². The molecule has 1 N–H and O–H groups in total. The van der Waals surface area contributed by atoms with E-state index in [2.05, 4.69) is 14.6 Å². The first-order valence-electron chi connectivity index (χ1n) is 9.04. The Morgan fingerprint density at radius 3 is 2.25 bits per heavy atom.